The van der Waals surface area contributed by atoms with Crippen molar-refractivity contribution in [1.82, 2.24) is 10.3 Å². The predicted octanol–water partition coefficient (Wildman–Crippen LogP) is 5.31. The Kier molecular flexibility index (Phi) is 6.11. The number of nitrogens with zero attached hydrogens (tertiary/aromatic N) is 2. The third-order valence-electron chi connectivity index (χ3n) is 6.01. The number of para-hydroxylation sites is 2. The molecule has 1 amide bonds. The average Bonchev–Trinajstić information content (AvgIpc) is 3.20. The van der Waals surface area contributed by atoms with Crippen LogP contribution < -0.4 is 14.8 Å². The van der Waals surface area contributed by atoms with E-state index in [1.54, 1.807) is 18.2 Å². The number of aromatic nitrogens is 1. The fraction of sp³-hybridized carbons (Fsp3) is 0.250. The van der Waals surface area contributed by atoms with Gasteiger partial charge in [-0.3, -0.25) is 4.79 Å². The van der Waals surface area contributed by atoms with Crippen LogP contribution in [0.3, 0.4) is 0 Å². The van der Waals surface area contributed by atoms with Crippen LogP contribution in [-0.2, 0) is 0 Å². The summed E-state index contributed by atoms with van der Waals surface area (Å²) in [7, 11) is 0. The van der Waals surface area contributed by atoms with E-state index < -0.39 is 0 Å². The number of hydrogen-bond donors (Lipinski definition) is 1. The Hall–Kier alpha value is -4.31. The first-order valence-corrected chi connectivity index (χ1v) is 11.6. The minimum absolute atomic E-state index is 0.0406. The summed E-state index contributed by atoms with van der Waals surface area (Å²) in [5.41, 5.74) is 4.14. The van der Waals surface area contributed by atoms with Crippen molar-refractivity contribution in [3.63, 3.8) is 0 Å². The van der Waals surface area contributed by atoms with Crippen molar-refractivity contribution in [2.45, 2.75) is 19.8 Å². The molecule has 0 aliphatic carbocycles. The van der Waals surface area contributed by atoms with E-state index in [0.717, 1.165) is 22.6 Å². The number of ether oxygens (including phenoxy) is 2. The highest BCUT2D eigenvalue weighted by Gasteiger charge is 2.20. The second-order valence-corrected chi connectivity index (χ2v) is 8.92. The number of nitriles is 1. The number of amides is 1. The zero-order valence-electron chi connectivity index (χ0n) is 19.6. The van der Waals surface area contributed by atoms with Crippen LogP contribution in [-0.4, -0.2) is 30.6 Å². The molecule has 1 aliphatic heterocycles. The van der Waals surface area contributed by atoms with Crippen LogP contribution >= 0.6 is 0 Å². The van der Waals surface area contributed by atoms with Gasteiger partial charge in [0.25, 0.3) is 5.91 Å². The molecule has 0 radical (unpaired) electrons. The van der Waals surface area contributed by atoms with Gasteiger partial charge in [-0.15, -0.1) is 0 Å². The first-order chi connectivity index (χ1) is 17.0. The predicted molar refractivity (Wildman–Crippen MR) is 132 cm³/mol. The van der Waals surface area contributed by atoms with E-state index in [4.69, 9.17) is 13.9 Å². The Morgan fingerprint density at radius 3 is 2.40 bits per heavy atom. The van der Waals surface area contributed by atoms with Gasteiger partial charge < -0.3 is 19.2 Å². The first-order valence-electron chi connectivity index (χ1n) is 11.6. The molecule has 5 rings (SSSR count). The molecule has 0 saturated heterocycles. The second kappa shape index (κ2) is 9.51. The van der Waals surface area contributed by atoms with Crippen molar-refractivity contribution in [1.29, 1.82) is 5.26 Å². The van der Waals surface area contributed by atoms with E-state index >= 15 is 0 Å². The molecule has 1 aromatic heterocycles. The highest BCUT2D eigenvalue weighted by molar-refractivity contribution is 5.94. The topological polar surface area (TPSA) is 97.4 Å². The molecule has 1 aliphatic rings. The molecular weight excluding hydrogens is 442 g/mol. The van der Waals surface area contributed by atoms with Gasteiger partial charge in [0.2, 0.25) is 5.89 Å². The van der Waals surface area contributed by atoms with E-state index in [2.05, 4.69) is 30.2 Å². The molecule has 7 nitrogen and oxygen atoms in total. The number of benzene rings is 3. The fourth-order valence-electron chi connectivity index (χ4n) is 4.05. The molecule has 3 aromatic carbocycles. The minimum Gasteiger partial charge on any atom is -0.489 e. The SMILES string of the molecule is CC(C)c1cc(C#N)cc2nc(-c3ccc(C(=O)NCC4COc5ccccc5OC4)cc3)oc12. The Morgan fingerprint density at radius 2 is 1.77 bits per heavy atom. The summed E-state index contributed by atoms with van der Waals surface area (Å²) in [5, 5.41) is 12.3. The molecular formula is C28H25N3O4. The van der Waals surface area contributed by atoms with Crippen molar-refractivity contribution in [3.8, 4) is 29.0 Å². The van der Waals surface area contributed by atoms with E-state index in [-0.39, 0.29) is 17.7 Å². The van der Waals surface area contributed by atoms with Crippen LogP contribution in [0.2, 0.25) is 0 Å². The van der Waals surface area contributed by atoms with Gasteiger partial charge in [-0.25, -0.2) is 4.98 Å². The lowest BCUT2D eigenvalue weighted by Crippen LogP contribution is -2.34. The maximum Gasteiger partial charge on any atom is 0.251 e. The molecule has 0 saturated carbocycles. The van der Waals surface area contributed by atoms with Crippen LogP contribution in [0.15, 0.2) is 65.1 Å². The van der Waals surface area contributed by atoms with Crippen molar-refractivity contribution >= 4 is 17.0 Å². The molecule has 0 spiro atoms. The summed E-state index contributed by atoms with van der Waals surface area (Å²) in [6, 6.07) is 20.4. The summed E-state index contributed by atoms with van der Waals surface area (Å²) in [5.74, 6) is 1.96. The van der Waals surface area contributed by atoms with Gasteiger partial charge in [-0.05, 0) is 54.4 Å². The molecule has 2 heterocycles. The molecule has 0 unspecified atom stereocenters. The number of fused-ring (bicyclic) bond motifs is 2. The Labute approximate surface area is 203 Å². The van der Waals surface area contributed by atoms with Crippen molar-refractivity contribution < 1.29 is 18.7 Å². The van der Waals surface area contributed by atoms with E-state index in [1.807, 2.05) is 42.5 Å². The first kappa shape index (κ1) is 22.5. The quantitative estimate of drug-likeness (QED) is 0.427. The Balaban J connectivity index is 1.26. The standard InChI is InChI=1S/C28H25N3O4/c1-17(2)22-11-18(13-29)12-23-26(22)35-28(31-23)21-9-7-20(8-10-21)27(32)30-14-19-15-33-24-5-3-4-6-25(24)34-16-19/h3-12,17,19H,14-16H2,1-2H3,(H,30,32). The summed E-state index contributed by atoms with van der Waals surface area (Å²) in [6.07, 6.45) is 0. The molecule has 0 atom stereocenters. The van der Waals surface area contributed by atoms with Gasteiger partial charge in [0.15, 0.2) is 17.1 Å². The van der Waals surface area contributed by atoms with E-state index in [0.29, 0.717) is 47.9 Å². The number of carbonyl (C=O) groups excluding carboxylic acids is 1. The van der Waals surface area contributed by atoms with Gasteiger partial charge in [0.1, 0.15) is 5.52 Å². The average molecular weight is 468 g/mol. The molecule has 0 fully saturated rings. The van der Waals surface area contributed by atoms with E-state index in [1.165, 1.54) is 0 Å². The number of nitrogens with one attached hydrogen (secondary N) is 1. The second-order valence-electron chi connectivity index (χ2n) is 8.92. The van der Waals surface area contributed by atoms with Crippen LogP contribution in [0, 0.1) is 17.2 Å². The number of hydrogen-bond acceptors (Lipinski definition) is 6. The summed E-state index contributed by atoms with van der Waals surface area (Å²) in [4.78, 5) is 17.3. The van der Waals surface area contributed by atoms with Crippen LogP contribution in [0.4, 0.5) is 0 Å². The molecule has 0 bridgehead atoms. The zero-order chi connectivity index (χ0) is 24.4. The van der Waals surface area contributed by atoms with Gasteiger partial charge >= 0.3 is 0 Å². The maximum absolute atomic E-state index is 12.7. The number of carbonyl (C=O) groups is 1. The van der Waals surface area contributed by atoms with Crippen molar-refractivity contribution in [2.24, 2.45) is 5.92 Å². The third-order valence-corrected chi connectivity index (χ3v) is 6.01. The lowest BCUT2D eigenvalue weighted by molar-refractivity contribution is 0.0937. The molecule has 176 valence electrons. The maximum atomic E-state index is 12.7. The van der Waals surface area contributed by atoms with Gasteiger partial charge in [0.05, 0.1) is 24.8 Å². The zero-order valence-corrected chi connectivity index (χ0v) is 19.6. The Morgan fingerprint density at radius 1 is 1.09 bits per heavy atom. The van der Waals surface area contributed by atoms with Crippen molar-refractivity contribution in [2.75, 3.05) is 19.8 Å². The number of rotatable bonds is 5. The highest BCUT2D eigenvalue weighted by atomic mass is 16.5. The van der Waals surface area contributed by atoms with Gasteiger partial charge in [-0.2, -0.15) is 5.26 Å². The van der Waals surface area contributed by atoms with Crippen molar-refractivity contribution in [3.05, 3.63) is 77.4 Å². The summed E-state index contributed by atoms with van der Waals surface area (Å²) in [6.45, 7) is 5.49. The molecule has 7 heteroatoms. The third kappa shape index (κ3) is 4.69. The summed E-state index contributed by atoms with van der Waals surface area (Å²) < 4.78 is 17.7. The molecule has 4 aromatic rings. The van der Waals surface area contributed by atoms with Gasteiger partial charge in [0, 0.05) is 29.2 Å². The molecule has 35 heavy (non-hydrogen) atoms. The lowest BCUT2D eigenvalue weighted by atomic mass is 10.00. The van der Waals surface area contributed by atoms with E-state index in [9.17, 15) is 10.1 Å². The van der Waals surface area contributed by atoms with Crippen LogP contribution in [0.25, 0.3) is 22.6 Å². The largest absolute Gasteiger partial charge is 0.489 e. The Bertz CT molecular complexity index is 1390. The number of oxazole rings is 1. The fourth-order valence-corrected chi connectivity index (χ4v) is 4.05. The van der Waals surface area contributed by atoms with Gasteiger partial charge in [-0.1, -0.05) is 26.0 Å². The normalized spacial score (nSPS) is 13.4. The molecule has 1 N–H and O–H groups in total. The smallest absolute Gasteiger partial charge is 0.251 e. The lowest BCUT2D eigenvalue weighted by Gasteiger charge is -2.14. The minimum atomic E-state index is -0.170. The highest BCUT2D eigenvalue weighted by Crippen LogP contribution is 2.32. The monoisotopic (exact) mass is 467 g/mol. The van der Waals surface area contributed by atoms with Crippen LogP contribution in [0.5, 0.6) is 11.5 Å². The summed E-state index contributed by atoms with van der Waals surface area (Å²) >= 11 is 0. The van der Waals surface area contributed by atoms with Crippen LogP contribution in [0.1, 0.15) is 41.3 Å².